The van der Waals surface area contributed by atoms with Gasteiger partial charge in [0.25, 0.3) is 0 Å². The Hall–Kier alpha value is -3.08. The van der Waals surface area contributed by atoms with Gasteiger partial charge in [0.2, 0.25) is 11.8 Å². The van der Waals surface area contributed by atoms with Crippen LogP contribution in [0.15, 0.2) is 47.1 Å². The number of aryl methyl sites for hydroxylation is 2. The minimum absolute atomic E-state index is 0.117. The molecule has 0 unspecified atom stereocenters. The molecule has 0 aliphatic carbocycles. The fourth-order valence-electron chi connectivity index (χ4n) is 2.69. The van der Waals surface area contributed by atoms with Gasteiger partial charge in [-0.3, -0.25) is 9.59 Å². The van der Waals surface area contributed by atoms with Crippen molar-refractivity contribution in [2.45, 2.75) is 27.2 Å². The van der Waals surface area contributed by atoms with Gasteiger partial charge in [-0.15, -0.1) is 0 Å². The molecule has 0 spiro atoms. The Morgan fingerprint density at radius 1 is 0.960 bits per heavy atom. The van der Waals surface area contributed by atoms with Gasteiger partial charge in [-0.25, -0.2) is 0 Å². The predicted molar refractivity (Wildman–Crippen MR) is 98.8 cm³/mol. The first-order valence-corrected chi connectivity index (χ1v) is 8.07. The molecule has 25 heavy (non-hydrogen) atoms. The van der Waals surface area contributed by atoms with Crippen LogP contribution in [0, 0.1) is 13.8 Å². The smallest absolute Gasteiger partial charge is 0.228 e. The summed E-state index contributed by atoms with van der Waals surface area (Å²) in [5.74, 6) is -0.248. The standard InChI is InChI=1S/C20H20N2O3/c1-12-8-18-15(11-25-19(18)9-13(12)2)10-20(24)22-17-6-4-16(5-7-17)21-14(3)23/h4-9,11H,10H2,1-3H3,(H,21,23)(H,22,24). The van der Waals surface area contributed by atoms with E-state index in [4.69, 9.17) is 4.42 Å². The third kappa shape index (κ3) is 3.88. The summed E-state index contributed by atoms with van der Waals surface area (Å²) in [5, 5.41) is 6.52. The molecule has 0 atom stereocenters. The molecule has 0 bridgehead atoms. The fraction of sp³-hybridized carbons (Fsp3) is 0.200. The first-order chi connectivity index (χ1) is 11.9. The highest BCUT2D eigenvalue weighted by Crippen LogP contribution is 2.25. The second-order valence-electron chi connectivity index (χ2n) is 6.18. The number of carbonyl (C=O) groups is 2. The van der Waals surface area contributed by atoms with Crippen molar-refractivity contribution >= 4 is 34.2 Å². The average Bonchev–Trinajstić information content (AvgIpc) is 2.91. The Morgan fingerprint density at radius 3 is 2.20 bits per heavy atom. The number of nitrogens with one attached hydrogen (secondary N) is 2. The van der Waals surface area contributed by atoms with Crippen molar-refractivity contribution in [1.82, 2.24) is 0 Å². The number of anilines is 2. The highest BCUT2D eigenvalue weighted by atomic mass is 16.3. The zero-order valence-corrected chi connectivity index (χ0v) is 14.5. The number of hydrogen-bond donors (Lipinski definition) is 2. The zero-order valence-electron chi connectivity index (χ0n) is 14.5. The van der Waals surface area contributed by atoms with E-state index in [1.54, 1.807) is 30.5 Å². The molecule has 3 rings (SSSR count). The van der Waals surface area contributed by atoms with Gasteiger partial charge in [-0.2, -0.15) is 0 Å². The topological polar surface area (TPSA) is 71.3 Å². The van der Waals surface area contributed by atoms with E-state index in [9.17, 15) is 9.59 Å². The van der Waals surface area contributed by atoms with Crippen molar-refractivity contribution in [3.05, 3.63) is 59.4 Å². The molecule has 3 aromatic rings. The number of benzene rings is 2. The molecule has 1 aromatic heterocycles. The van der Waals surface area contributed by atoms with Crippen molar-refractivity contribution < 1.29 is 14.0 Å². The third-order valence-electron chi connectivity index (χ3n) is 4.11. The van der Waals surface area contributed by atoms with E-state index >= 15 is 0 Å². The molecule has 0 aliphatic heterocycles. The highest BCUT2D eigenvalue weighted by molar-refractivity contribution is 5.96. The molecule has 0 saturated heterocycles. The number of fused-ring (bicyclic) bond motifs is 1. The molecule has 0 radical (unpaired) electrons. The Bertz CT molecular complexity index is 939. The molecular weight excluding hydrogens is 316 g/mol. The van der Waals surface area contributed by atoms with Crippen LogP contribution in [0.5, 0.6) is 0 Å². The summed E-state index contributed by atoms with van der Waals surface area (Å²) in [6.07, 6.45) is 1.88. The first kappa shape index (κ1) is 16.8. The molecule has 0 aliphatic rings. The normalized spacial score (nSPS) is 10.7. The van der Waals surface area contributed by atoms with Crippen LogP contribution in [-0.4, -0.2) is 11.8 Å². The predicted octanol–water partition coefficient (Wildman–Crippen LogP) is 4.19. The van der Waals surface area contributed by atoms with Crippen LogP contribution in [-0.2, 0) is 16.0 Å². The third-order valence-corrected chi connectivity index (χ3v) is 4.11. The fourth-order valence-corrected chi connectivity index (χ4v) is 2.69. The van der Waals surface area contributed by atoms with Gasteiger partial charge in [-0.1, -0.05) is 0 Å². The summed E-state index contributed by atoms with van der Waals surface area (Å²) in [5.41, 5.74) is 5.37. The summed E-state index contributed by atoms with van der Waals surface area (Å²) in [7, 11) is 0. The van der Waals surface area contributed by atoms with Crippen LogP contribution < -0.4 is 10.6 Å². The van der Waals surface area contributed by atoms with Crippen molar-refractivity contribution in [2.75, 3.05) is 10.6 Å². The van der Waals surface area contributed by atoms with Crippen LogP contribution >= 0.6 is 0 Å². The summed E-state index contributed by atoms with van der Waals surface area (Å²) in [6.45, 7) is 5.53. The quantitative estimate of drug-likeness (QED) is 0.750. The maximum Gasteiger partial charge on any atom is 0.228 e. The highest BCUT2D eigenvalue weighted by Gasteiger charge is 2.12. The van der Waals surface area contributed by atoms with Crippen molar-refractivity contribution in [3.8, 4) is 0 Å². The van der Waals surface area contributed by atoms with Crippen molar-refractivity contribution in [1.29, 1.82) is 0 Å². The minimum Gasteiger partial charge on any atom is -0.464 e. The van der Waals surface area contributed by atoms with Gasteiger partial charge in [0.05, 0.1) is 12.7 Å². The van der Waals surface area contributed by atoms with Crippen molar-refractivity contribution in [2.24, 2.45) is 0 Å². The summed E-state index contributed by atoms with van der Waals surface area (Å²) >= 11 is 0. The van der Waals surface area contributed by atoms with Crippen molar-refractivity contribution in [3.63, 3.8) is 0 Å². The van der Waals surface area contributed by atoms with E-state index in [1.165, 1.54) is 12.5 Å². The van der Waals surface area contributed by atoms with Gasteiger partial charge in [0.1, 0.15) is 5.58 Å². The zero-order chi connectivity index (χ0) is 18.0. The van der Waals surface area contributed by atoms with Gasteiger partial charge in [0, 0.05) is 29.2 Å². The van der Waals surface area contributed by atoms with Crippen LogP contribution in [0.4, 0.5) is 11.4 Å². The molecule has 5 nitrogen and oxygen atoms in total. The lowest BCUT2D eigenvalue weighted by atomic mass is 10.0. The van der Waals surface area contributed by atoms with Crippen LogP contribution in [0.3, 0.4) is 0 Å². The summed E-state index contributed by atoms with van der Waals surface area (Å²) in [4.78, 5) is 23.3. The second kappa shape index (κ2) is 6.81. The molecule has 0 fully saturated rings. The first-order valence-electron chi connectivity index (χ1n) is 8.07. The second-order valence-corrected chi connectivity index (χ2v) is 6.18. The van der Waals surface area contributed by atoms with E-state index < -0.39 is 0 Å². The van der Waals surface area contributed by atoms with Crippen LogP contribution in [0.2, 0.25) is 0 Å². The van der Waals surface area contributed by atoms with Gasteiger partial charge in [0.15, 0.2) is 0 Å². The molecule has 5 heteroatoms. The van der Waals surface area contributed by atoms with E-state index in [0.717, 1.165) is 22.1 Å². The lowest BCUT2D eigenvalue weighted by Crippen LogP contribution is -2.14. The Labute approximate surface area is 146 Å². The molecular formula is C20H20N2O3. The SMILES string of the molecule is CC(=O)Nc1ccc(NC(=O)Cc2coc3cc(C)c(C)cc23)cc1. The number of furan rings is 1. The summed E-state index contributed by atoms with van der Waals surface area (Å²) in [6, 6.07) is 11.0. The minimum atomic E-state index is -0.130. The van der Waals surface area contributed by atoms with Gasteiger partial charge >= 0.3 is 0 Å². The van der Waals surface area contributed by atoms with Crippen LogP contribution in [0.1, 0.15) is 23.6 Å². The number of carbonyl (C=O) groups excluding carboxylic acids is 2. The molecule has 2 aromatic carbocycles. The number of amides is 2. The average molecular weight is 336 g/mol. The molecule has 2 amide bonds. The number of hydrogen-bond acceptors (Lipinski definition) is 3. The monoisotopic (exact) mass is 336 g/mol. The Kier molecular flexibility index (Phi) is 4.57. The number of rotatable bonds is 4. The van der Waals surface area contributed by atoms with E-state index in [2.05, 4.69) is 16.7 Å². The lowest BCUT2D eigenvalue weighted by Gasteiger charge is -2.07. The molecule has 128 valence electrons. The van der Waals surface area contributed by atoms with Gasteiger partial charge in [-0.05, 0) is 61.4 Å². The maximum atomic E-state index is 12.3. The Balaban J connectivity index is 1.70. The Morgan fingerprint density at radius 2 is 1.56 bits per heavy atom. The molecule has 2 N–H and O–H groups in total. The maximum absolute atomic E-state index is 12.3. The van der Waals surface area contributed by atoms with Crippen LogP contribution in [0.25, 0.3) is 11.0 Å². The lowest BCUT2D eigenvalue weighted by molar-refractivity contribution is -0.116. The van der Waals surface area contributed by atoms with E-state index in [0.29, 0.717) is 11.4 Å². The summed E-state index contributed by atoms with van der Waals surface area (Å²) < 4.78 is 5.57. The van der Waals surface area contributed by atoms with E-state index in [1.807, 2.05) is 19.9 Å². The molecule has 1 heterocycles. The molecule has 0 saturated carbocycles. The van der Waals surface area contributed by atoms with Gasteiger partial charge < -0.3 is 15.1 Å². The van der Waals surface area contributed by atoms with E-state index in [-0.39, 0.29) is 18.2 Å². The largest absolute Gasteiger partial charge is 0.464 e.